The summed E-state index contributed by atoms with van der Waals surface area (Å²) in [6, 6.07) is 22.9. The third kappa shape index (κ3) is 4.54. The normalized spacial score (nSPS) is 10.4. The average molecular weight is 443 g/mol. The van der Waals surface area contributed by atoms with Crippen LogP contribution < -0.4 is 17.7 Å². The number of anilines is 1. The number of rotatable bonds is 3. The molecule has 1 amide bonds. The standard InChI is InChI=1S/C23H16Cl2N2O.ClH/c1-14(28)26-17-6-4-5-15(11-17)23-13-19(18-7-2-3-8-21(18)25)20-12-16(24)9-10-22(20)27-23;/h2-13H,1H3,(H,26,28);1H/p-1. The fourth-order valence-electron chi connectivity index (χ4n) is 3.21. The Balaban J connectivity index is 0.00000240. The summed E-state index contributed by atoms with van der Waals surface area (Å²) in [6.45, 7) is 1.49. The van der Waals surface area contributed by atoms with Crippen LogP contribution in [0.3, 0.4) is 0 Å². The molecule has 1 N–H and O–H groups in total. The van der Waals surface area contributed by atoms with Gasteiger partial charge in [0.25, 0.3) is 0 Å². The van der Waals surface area contributed by atoms with E-state index in [1.54, 1.807) is 0 Å². The largest absolute Gasteiger partial charge is 1.00 e. The number of carbonyl (C=O) groups excluding carboxylic acids is 1. The van der Waals surface area contributed by atoms with Gasteiger partial charge in [0, 0.05) is 39.2 Å². The van der Waals surface area contributed by atoms with Crippen molar-refractivity contribution < 1.29 is 17.2 Å². The molecule has 29 heavy (non-hydrogen) atoms. The van der Waals surface area contributed by atoms with E-state index in [1.165, 1.54) is 6.92 Å². The quantitative estimate of drug-likeness (QED) is 0.524. The van der Waals surface area contributed by atoms with Crippen LogP contribution in [0.4, 0.5) is 5.69 Å². The van der Waals surface area contributed by atoms with Crippen molar-refractivity contribution in [3.05, 3.63) is 82.8 Å². The van der Waals surface area contributed by atoms with Gasteiger partial charge in [0.15, 0.2) is 0 Å². The highest BCUT2D eigenvalue weighted by Crippen LogP contribution is 2.37. The van der Waals surface area contributed by atoms with Gasteiger partial charge in [0.1, 0.15) is 0 Å². The minimum absolute atomic E-state index is 0. The van der Waals surface area contributed by atoms with Gasteiger partial charge in [-0.1, -0.05) is 53.5 Å². The number of hydrogen-bond donors (Lipinski definition) is 1. The number of benzene rings is 3. The second-order valence-electron chi connectivity index (χ2n) is 6.46. The lowest BCUT2D eigenvalue weighted by Crippen LogP contribution is -3.00. The van der Waals surface area contributed by atoms with E-state index in [1.807, 2.05) is 72.8 Å². The van der Waals surface area contributed by atoms with Crippen molar-refractivity contribution in [2.45, 2.75) is 6.92 Å². The molecule has 4 rings (SSSR count). The lowest BCUT2D eigenvalue weighted by Gasteiger charge is -2.13. The summed E-state index contributed by atoms with van der Waals surface area (Å²) in [5.41, 5.74) is 5.11. The summed E-state index contributed by atoms with van der Waals surface area (Å²) in [5, 5.41) is 5.04. The average Bonchev–Trinajstić information content (AvgIpc) is 2.67. The molecule has 4 aromatic rings. The van der Waals surface area contributed by atoms with E-state index in [4.69, 9.17) is 28.2 Å². The van der Waals surface area contributed by atoms with Crippen LogP contribution in [0.15, 0.2) is 72.8 Å². The molecule has 0 atom stereocenters. The van der Waals surface area contributed by atoms with E-state index in [0.717, 1.165) is 39.0 Å². The smallest absolute Gasteiger partial charge is 0.221 e. The van der Waals surface area contributed by atoms with Crippen LogP contribution in [0.25, 0.3) is 33.3 Å². The van der Waals surface area contributed by atoms with Crippen LogP contribution in [0.2, 0.25) is 10.0 Å². The van der Waals surface area contributed by atoms with Gasteiger partial charge in [0.05, 0.1) is 11.2 Å². The van der Waals surface area contributed by atoms with Crippen molar-refractivity contribution >= 4 is 45.7 Å². The SMILES string of the molecule is CC(=O)Nc1cccc(-c2cc(-c3ccccc3Cl)c3cc(Cl)ccc3n2)c1.[Cl-]. The molecule has 0 saturated carbocycles. The van der Waals surface area contributed by atoms with Crippen molar-refractivity contribution in [3.8, 4) is 22.4 Å². The van der Waals surface area contributed by atoms with Gasteiger partial charge in [-0.3, -0.25) is 4.79 Å². The second-order valence-corrected chi connectivity index (χ2v) is 7.30. The Bertz CT molecular complexity index is 1210. The molecule has 1 heterocycles. The Kier molecular flexibility index (Phi) is 6.43. The molecule has 0 aliphatic rings. The van der Waals surface area contributed by atoms with Crippen molar-refractivity contribution in [2.24, 2.45) is 0 Å². The molecule has 3 aromatic carbocycles. The second kappa shape index (κ2) is 8.83. The van der Waals surface area contributed by atoms with Crippen molar-refractivity contribution in [1.29, 1.82) is 0 Å². The molecule has 0 bridgehead atoms. The number of aromatic nitrogens is 1. The lowest BCUT2D eigenvalue weighted by atomic mass is 9.98. The lowest BCUT2D eigenvalue weighted by molar-refractivity contribution is -0.114. The molecule has 0 unspecified atom stereocenters. The van der Waals surface area contributed by atoms with Crippen molar-refractivity contribution in [3.63, 3.8) is 0 Å². The summed E-state index contributed by atoms with van der Waals surface area (Å²) in [5.74, 6) is -0.116. The Morgan fingerprint density at radius 1 is 0.897 bits per heavy atom. The van der Waals surface area contributed by atoms with E-state index in [2.05, 4.69) is 5.32 Å². The van der Waals surface area contributed by atoms with Crippen LogP contribution >= 0.6 is 23.2 Å². The van der Waals surface area contributed by atoms with Gasteiger partial charge in [0.2, 0.25) is 5.91 Å². The number of fused-ring (bicyclic) bond motifs is 1. The van der Waals surface area contributed by atoms with E-state index in [-0.39, 0.29) is 18.3 Å². The fourth-order valence-corrected chi connectivity index (χ4v) is 3.62. The molecular weight excluding hydrogens is 427 g/mol. The number of nitrogens with zero attached hydrogens (tertiary/aromatic N) is 1. The van der Waals surface area contributed by atoms with Crippen LogP contribution in [0, 0.1) is 0 Å². The Labute approximate surface area is 185 Å². The first-order chi connectivity index (χ1) is 13.5. The van der Waals surface area contributed by atoms with Crippen LogP contribution in [-0.2, 0) is 4.79 Å². The van der Waals surface area contributed by atoms with E-state index in [9.17, 15) is 4.79 Å². The molecule has 6 heteroatoms. The molecule has 0 saturated heterocycles. The maximum absolute atomic E-state index is 11.4. The Morgan fingerprint density at radius 3 is 2.45 bits per heavy atom. The van der Waals surface area contributed by atoms with Gasteiger partial charge >= 0.3 is 0 Å². The molecule has 0 aliphatic carbocycles. The van der Waals surface area contributed by atoms with Crippen LogP contribution in [-0.4, -0.2) is 10.9 Å². The molecule has 146 valence electrons. The summed E-state index contributed by atoms with van der Waals surface area (Å²) in [4.78, 5) is 16.2. The molecular formula is C23H16Cl3N2O-. The van der Waals surface area contributed by atoms with E-state index >= 15 is 0 Å². The first-order valence-electron chi connectivity index (χ1n) is 8.74. The fraction of sp³-hybridized carbons (Fsp3) is 0.0435. The number of halogens is 3. The van der Waals surface area contributed by atoms with Gasteiger partial charge < -0.3 is 17.7 Å². The minimum atomic E-state index is -0.116. The van der Waals surface area contributed by atoms with Gasteiger partial charge in [-0.05, 0) is 48.0 Å². The monoisotopic (exact) mass is 441 g/mol. The summed E-state index contributed by atoms with van der Waals surface area (Å²) >= 11 is 12.7. The van der Waals surface area contributed by atoms with E-state index in [0.29, 0.717) is 10.0 Å². The number of pyridine rings is 1. The highest BCUT2D eigenvalue weighted by atomic mass is 35.5. The zero-order valence-corrected chi connectivity index (χ0v) is 17.7. The zero-order chi connectivity index (χ0) is 19.7. The zero-order valence-electron chi connectivity index (χ0n) is 15.4. The number of hydrogen-bond acceptors (Lipinski definition) is 2. The first-order valence-corrected chi connectivity index (χ1v) is 9.50. The number of carbonyl (C=O) groups is 1. The van der Waals surface area contributed by atoms with Crippen molar-refractivity contribution in [2.75, 3.05) is 5.32 Å². The predicted octanol–water partition coefficient (Wildman–Crippen LogP) is 3.84. The molecule has 1 aromatic heterocycles. The third-order valence-electron chi connectivity index (χ3n) is 4.41. The van der Waals surface area contributed by atoms with Crippen LogP contribution in [0.1, 0.15) is 6.92 Å². The third-order valence-corrected chi connectivity index (χ3v) is 4.98. The molecule has 0 aliphatic heterocycles. The highest BCUT2D eigenvalue weighted by molar-refractivity contribution is 6.34. The van der Waals surface area contributed by atoms with Gasteiger partial charge in [-0.2, -0.15) is 0 Å². The first kappa shape index (κ1) is 21.1. The Hall–Kier alpha value is -2.59. The summed E-state index contributed by atoms with van der Waals surface area (Å²) < 4.78 is 0. The molecule has 3 nitrogen and oxygen atoms in total. The minimum Gasteiger partial charge on any atom is -1.00 e. The van der Waals surface area contributed by atoms with Crippen molar-refractivity contribution in [1.82, 2.24) is 4.98 Å². The van der Waals surface area contributed by atoms with Crippen LogP contribution in [0.5, 0.6) is 0 Å². The maximum atomic E-state index is 11.4. The van der Waals surface area contributed by atoms with Gasteiger partial charge in [-0.15, -0.1) is 0 Å². The molecule has 0 radical (unpaired) electrons. The Morgan fingerprint density at radius 2 is 1.69 bits per heavy atom. The predicted molar refractivity (Wildman–Crippen MR) is 117 cm³/mol. The summed E-state index contributed by atoms with van der Waals surface area (Å²) in [7, 11) is 0. The number of nitrogens with one attached hydrogen (secondary N) is 1. The van der Waals surface area contributed by atoms with Gasteiger partial charge in [-0.25, -0.2) is 4.98 Å². The topological polar surface area (TPSA) is 42.0 Å². The van der Waals surface area contributed by atoms with E-state index < -0.39 is 0 Å². The number of amides is 1. The highest BCUT2D eigenvalue weighted by Gasteiger charge is 2.13. The maximum Gasteiger partial charge on any atom is 0.221 e. The summed E-state index contributed by atoms with van der Waals surface area (Å²) in [6.07, 6.45) is 0. The molecule has 0 fully saturated rings. The molecule has 0 spiro atoms.